The van der Waals surface area contributed by atoms with Gasteiger partial charge in [0.05, 0.1) is 19.2 Å². The summed E-state index contributed by atoms with van der Waals surface area (Å²) in [5, 5.41) is 5.71. The first kappa shape index (κ1) is 28.1. The SMILES string of the molecule is CCCCC(CC)COC(=O)CCSc1nn(C2CCCCO2)c2nc(N3CCC(C)(C)CC3)cnc12. The fourth-order valence-corrected chi connectivity index (χ4v) is 5.88. The smallest absolute Gasteiger partial charge is 0.306 e. The number of thioether (sulfide) groups is 1. The van der Waals surface area contributed by atoms with Gasteiger partial charge in [0.15, 0.2) is 11.9 Å². The van der Waals surface area contributed by atoms with E-state index >= 15 is 0 Å². The van der Waals surface area contributed by atoms with Crippen molar-refractivity contribution in [2.45, 2.75) is 103 Å². The molecule has 2 fully saturated rings. The average molecular weight is 532 g/mol. The molecule has 4 rings (SSSR count). The second-order valence-corrected chi connectivity index (χ2v) is 12.4. The van der Waals surface area contributed by atoms with E-state index in [4.69, 9.17) is 24.5 Å². The summed E-state index contributed by atoms with van der Waals surface area (Å²) in [4.78, 5) is 24.6. The number of aromatic nitrogens is 4. The largest absolute Gasteiger partial charge is 0.465 e. The fourth-order valence-electron chi connectivity index (χ4n) is 4.99. The number of piperidine rings is 1. The van der Waals surface area contributed by atoms with E-state index < -0.39 is 0 Å². The van der Waals surface area contributed by atoms with E-state index in [1.807, 2.05) is 10.9 Å². The van der Waals surface area contributed by atoms with Crippen molar-refractivity contribution in [3.8, 4) is 0 Å². The monoisotopic (exact) mass is 531 g/mol. The summed E-state index contributed by atoms with van der Waals surface area (Å²) >= 11 is 1.55. The summed E-state index contributed by atoms with van der Waals surface area (Å²) in [6.45, 7) is 12.3. The van der Waals surface area contributed by atoms with Gasteiger partial charge in [-0.2, -0.15) is 5.10 Å². The first-order valence-corrected chi connectivity index (χ1v) is 15.3. The van der Waals surface area contributed by atoms with Gasteiger partial charge in [0.2, 0.25) is 0 Å². The quantitative estimate of drug-likeness (QED) is 0.230. The minimum atomic E-state index is -0.136. The molecule has 37 heavy (non-hydrogen) atoms. The van der Waals surface area contributed by atoms with Crippen LogP contribution < -0.4 is 4.90 Å². The number of fused-ring (bicyclic) bond motifs is 1. The molecule has 2 unspecified atom stereocenters. The summed E-state index contributed by atoms with van der Waals surface area (Å²) < 4.78 is 13.6. The van der Waals surface area contributed by atoms with E-state index in [1.54, 1.807) is 11.8 Å². The molecule has 8 nitrogen and oxygen atoms in total. The summed E-state index contributed by atoms with van der Waals surface area (Å²) in [7, 11) is 0. The third kappa shape index (κ3) is 7.59. The Kier molecular flexibility index (Phi) is 10.1. The van der Waals surface area contributed by atoms with Gasteiger partial charge in [-0.1, -0.05) is 47.0 Å². The van der Waals surface area contributed by atoms with Crippen LogP contribution in [0.15, 0.2) is 11.2 Å². The van der Waals surface area contributed by atoms with Crippen molar-refractivity contribution in [3.63, 3.8) is 0 Å². The zero-order chi connectivity index (χ0) is 26.3. The summed E-state index contributed by atoms with van der Waals surface area (Å²) in [5.41, 5.74) is 1.95. The lowest BCUT2D eigenvalue weighted by Gasteiger charge is -2.37. The number of hydrogen-bond donors (Lipinski definition) is 0. The van der Waals surface area contributed by atoms with Crippen LogP contribution in [-0.4, -0.2) is 57.8 Å². The molecule has 0 amide bonds. The highest BCUT2D eigenvalue weighted by Gasteiger charge is 2.28. The van der Waals surface area contributed by atoms with E-state index in [0.717, 1.165) is 86.6 Å². The van der Waals surface area contributed by atoms with Crippen LogP contribution in [0.25, 0.3) is 11.2 Å². The Morgan fingerprint density at radius 1 is 1.27 bits per heavy atom. The first-order valence-electron chi connectivity index (χ1n) is 14.3. The third-order valence-electron chi connectivity index (χ3n) is 7.80. The Morgan fingerprint density at radius 2 is 2.08 bits per heavy atom. The summed E-state index contributed by atoms with van der Waals surface area (Å²) in [5.74, 6) is 1.84. The highest BCUT2D eigenvalue weighted by atomic mass is 32.2. The van der Waals surface area contributed by atoms with Crippen LogP contribution >= 0.6 is 11.8 Å². The molecule has 0 spiro atoms. The Bertz CT molecular complexity index is 1010. The predicted octanol–water partition coefficient (Wildman–Crippen LogP) is 6.39. The van der Waals surface area contributed by atoms with Crippen LogP contribution in [0.4, 0.5) is 5.82 Å². The minimum absolute atomic E-state index is 0.116. The van der Waals surface area contributed by atoms with Gasteiger partial charge in [0, 0.05) is 25.4 Å². The van der Waals surface area contributed by atoms with Gasteiger partial charge in [-0.05, 0) is 49.9 Å². The Hall–Kier alpha value is -1.87. The number of carbonyl (C=O) groups excluding carboxylic acids is 1. The molecule has 0 aliphatic carbocycles. The number of rotatable bonds is 12. The number of ether oxygens (including phenoxy) is 2. The number of hydrogen-bond acceptors (Lipinski definition) is 8. The maximum Gasteiger partial charge on any atom is 0.306 e. The molecule has 2 aromatic heterocycles. The van der Waals surface area contributed by atoms with Crippen LogP contribution in [0.2, 0.25) is 0 Å². The molecule has 0 saturated carbocycles. The lowest BCUT2D eigenvalue weighted by Crippen LogP contribution is -2.37. The second-order valence-electron chi connectivity index (χ2n) is 11.3. The van der Waals surface area contributed by atoms with Crippen molar-refractivity contribution in [2.75, 3.05) is 37.0 Å². The lowest BCUT2D eigenvalue weighted by molar-refractivity contribution is -0.144. The van der Waals surface area contributed by atoms with Gasteiger partial charge >= 0.3 is 5.97 Å². The normalized spacial score (nSPS) is 20.8. The van der Waals surface area contributed by atoms with Gasteiger partial charge in [0.1, 0.15) is 16.4 Å². The van der Waals surface area contributed by atoms with E-state index in [9.17, 15) is 4.79 Å². The van der Waals surface area contributed by atoms with Gasteiger partial charge in [-0.25, -0.2) is 14.6 Å². The number of nitrogens with zero attached hydrogens (tertiary/aromatic N) is 5. The number of anilines is 1. The molecule has 0 radical (unpaired) electrons. The van der Waals surface area contributed by atoms with Gasteiger partial charge in [-0.3, -0.25) is 4.79 Å². The molecule has 0 aromatic carbocycles. The molecule has 2 aliphatic rings. The summed E-state index contributed by atoms with van der Waals surface area (Å²) in [6.07, 6.45) is 12.1. The minimum Gasteiger partial charge on any atom is -0.465 e. The van der Waals surface area contributed by atoms with Crippen LogP contribution in [0.1, 0.15) is 98.1 Å². The van der Waals surface area contributed by atoms with Crippen molar-refractivity contribution < 1.29 is 14.3 Å². The molecule has 2 saturated heterocycles. The van der Waals surface area contributed by atoms with Crippen molar-refractivity contribution in [2.24, 2.45) is 11.3 Å². The fraction of sp³-hybridized carbons (Fsp3) is 0.786. The first-order chi connectivity index (χ1) is 17.9. The molecule has 2 aromatic rings. The maximum atomic E-state index is 12.4. The van der Waals surface area contributed by atoms with Gasteiger partial charge in [-0.15, -0.1) is 11.8 Å². The van der Waals surface area contributed by atoms with Gasteiger partial charge < -0.3 is 14.4 Å². The number of esters is 1. The molecular weight excluding hydrogens is 486 g/mol. The molecular formula is C28H45N5O3S. The average Bonchev–Trinajstić information content (AvgIpc) is 3.27. The number of carbonyl (C=O) groups is 1. The molecule has 4 heterocycles. The van der Waals surface area contributed by atoms with Crippen molar-refractivity contribution in [1.29, 1.82) is 0 Å². The predicted molar refractivity (Wildman–Crippen MR) is 149 cm³/mol. The highest BCUT2D eigenvalue weighted by Crippen LogP contribution is 2.34. The molecule has 2 atom stereocenters. The van der Waals surface area contributed by atoms with E-state index in [1.165, 1.54) is 12.8 Å². The zero-order valence-corrected chi connectivity index (χ0v) is 24.0. The van der Waals surface area contributed by atoms with E-state index in [2.05, 4.69) is 32.6 Å². The Labute approximate surface area is 226 Å². The standard InChI is InChI=1S/C28H45N5O3S/c1-5-7-10-21(6-2)20-36-24(34)12-18-37-27-25-26(33(31-27)23-11-8-9-17-35-23)30-22(19-29-25)32-15-13-28(3,4)14-16-32/h19,21,23H,5-18,20H2,1-4H3. The van der Waals surface area contributed by atoms with E-state index in [-0.39, 0.29) is 12.2 Å². The number of unbranched alkanes of at least 4 members (excludes halogenated alkanes) is 1. The molecule has 9 heteroatoms. The second kappa shape index (κ2) is 13.3. The third-order valence-corrected chi connectivity index (χ3v) is 8.75. The molecule has 206 valence electrons. The van der Waals surface area contributed by atoms with Crippen LogP contribution in [0.3, 0.4) is 0 Å². The van der Waals surface area contributed by atoms with Crippen LogP contribution in [0.5, 0.6) is 0 Å². The molecule has 0 N–H and O–H groups in total. The van der Waals surface area contributed by atoms with Crippen LogP contribution in [-0.2, 0) is 14.3 Å². The Morgan fingerprint density at radius 3 is 2.78 bits per heavy atom. The summed E-state index contributed by atoms with van der Waals surface area (Å²) in [6, 6.07) is 0. The van der Waals surface area contributed by atoms with Crippen LogP contribution in [0, 0.1) is 11.3 Å². The Balaban J connectivity index is 1.43. The topological polar surface area (TPSA) is 82.4 Å². The zero-order valence-electron chi connectivity index (χ0n) is 23.2. The molecule has 0 bridgehead atoms. The molecule has 2 aliphatic heterocycles. The van der Waals surface area contributed by atoms with Gasteiger partial charge in [0.25, 0.3) is 0 Å². The van der Waals surface area contributed by atoms with Crippen molar-refractivity contribution in [3.05, 3.63) is 6.20 Å². The highest BCUT2D eigenvalue weighted by molar-refractivity contribution is 7.99. The van der Waals surface area contributed by atoms with Crippen molar-refractivity contribution >= 4 is 34.7 Å². The van der Waals surface area contributed by atoms with Crippen molar-refractivity contribution in [1.82, 2.24) is 19.7 Å². The van der Waals surface area contributed by atoms with E-state index in [0.29, 0.717) is 30.1 Å². The lowest BCUT2D eigenvalue weighted by atomic mass is 9.83. The maximum absolute atomic E-state index is 12.4.